The highest BCUT2D eigenvalue weighted by molar-refractivity contribution is 6.05. The standard InChI is InChI=1S/C22H26N4O5/c1-13(2)31-22(30)25-10-14(3)26(21(29)15-4-5-15)18-7-6-16(8-19(18)25)17-9-23-24(11-17)12-20(27)28/h6-9,11,13-15H,4-5,10,12H2,1-3H3,(H,27,28)/t14-/m0/s1. The summed E-state index contributed by atoms with van der Waals surface area (Å²) in [5, 5.41) is 13.1. The van der Waals surface area contributed by atoms with E-state index in [0.29, 0.717) is 17.9 Å². The van der Waals surface area contributed by atoms with E-state index in [1.165, 1.54) is 4.68 Å². The number of benzene rings is 1. The van der Waals surface area contributed by atoms with Crippen molar-refractivity contribution in [2.75, 3.05) is 16.3 Å². The molecule has 1 aromatic carbocycles. The van der Waals surface area contributed by atoms with Crippen LogP contribution >= 0.6 is 0 Å². The average Bonchev–Trinajstić information content (AvgIpc) is 3.45. The maximum atomic E-state index is 13.0. The van der Waals surface area contributed by atoms with E-state index >= 15 is 0 Å². The number of fused-ring (bicyclic) bond motifs is 1. The summed E-state index contributed by atoms with van der Waals surface area (Å²) in [4.78, 5) is 40.1. The van der Waals surface area contributed by atoms with Gasteiger partial charge in [0.15, 0.2) is 0 Å². The van der Waals surface area contributed by atoms with E-state index in [4.69, 9.17) is 9.84 Å². The summed E-state index contributed by atoms with van der Waals surface area (Å²) >= 11 is 0. The molecule has 1 aliphatic heterocycles. The van der Waals surface area contributed by atoms with Gasteiger partial charge in [-0.05, 0) is 51.3 Å². The van der Waals surface area contributed by atoms with Gasteiger partial charge in [0, 0.05) is 24.2 Å². The van der Waals surface area contributed by atoms with Crippen molar-refractivity contribution in [1.82, 2.24) is 9.78 Å². The summed E-state index contributed by atoms with van der Waals surface area (Å²) < 4.78 is 6.79. The van der Waals surface area contributed by atoms with Gasteiger partial charge >= 0.3 is 12.1 Å². The lowest BCUT2D eigenvalue weighted by atomic mass is 10.0. The number of aromatic nitrogens is 2. The molecule has 0 radical (unpaired) electrons. The number of nitrogens with zero attached hydrogens (tertiary/aromatic N) is 4. The van der Waals surface area contributed by atoms with Crippen LogP contribution < -0.4 is 9.80 Å². The fraction of sp³-hybridized carbons (Fsp3) is 0.455. The Balaban J connectivity index is 1.74. The van der Waals surface area contributed by atoms with Crippen LogP contribution in [0.25, 0.3) is 11.1 Å². The first-order valence-corrected chi connectivity index (χ1v) is 10.4. The van der Waals surface area contributed by atoms with E-state index in [0.717, 1.165) is 24.0 Å². The number of hydrogen-bond donors (Lipinski definition) is 1. The van der Waals surface area contributed by atoms with Gasteiger partial charge in [-0.25, -0.2) is 4.79 Å². The minimum Gasteiger partial charge on any atom is -0.480 e. The molecule has 1 fully saturated rings. The quantitative estimate of drug-likeness (QED) is 0.788. The van der Waals surface area contributed by atoms with E-state index in [9.17, 15) is 14.4 Å². The van der Waals surface area contributed by atoms with Crippen LogP contribution in [0.3, 0.4) is 0 Å². The lowest BCUT2D eigenvalue weighted by Crippen LogP contribution is -2.52. The molecule has 2 aliphatic rings. The second kappa shape index (κ2) is 8.05. The van der Waals surface area contributed by atoms with Crippen LogP contribution in [0.5, 0.6) is 0 Å². The molecule has 9 heteroatoms. The molecule has 1 N–H and O–H groups in total. The smallest absolute Gasteiger partial charge is 0.414 e. The van der Waals surface area contributed by atoms with Crippen molar-refractivity contribution >= 4 is 29.3 Å². The topological polar surface area (TPSA) is 105 Å². The zero-order valence-corrected chi connectivity index (χ0v) is 17.8. The van der Waals surface area contributed by atoms with Crippen molar-refractivity contribution in [3.63, 3.8) is 0 Å². The lowest BCUT2D eigenvalue weighted by molar-refractivity contribution is -0.137. The molecular weight excluding hydrogens is 400 g/mol. The molecule has 31 heavy (non-hydrogen) atoms. The van der Waals surface area contributed by atoms with E-state index in [2.05, 4.69) is 5.10 Å². The summed E-state index contributed by atoms with van der Waals surface area (Å²) in [6.45, 7) is 5.62. The summed E-state index contributed by atoms with van der Waals surface area (Å²) in [6, 6.07) is 5.35. The Morgan fingerprint density at radius 1 is 1.19 bits per heavy atom. The summed E-state index contributed by atoms with van der Waals surface area (Å²) in [6.07, 6.45) is 4.30. The maximum absolute atomic E-state index is 13.0. The zero-order chi connectivity index (χ0) is 22.3. The van der Waals surface area contributed by atoms with Gasteiger partial charge in [-0.15, -0.1) is 0 Å². The molecule has 1 atom stereocenters. The Kier molecular flexibility index (Phi) is 5.43. The summed E-state index contributed by atoms with van der Waals surface area (Å²) in [5.41, 5.74) is 2.77. The van der Waals surface area contributed by atoms with Gasteiger partial charge in [-0.3, -0.25) is 19.2 Å². The van der Waals surface area contributed by atoms with Crippen molar-refractivity contribution in [3.8, 4) is 11.1 Å². The second-order valence-corrected chi connectivity index (χ2v) is 8.40. The fourth-order valence-corrected chi connectivity index (χ4v) is 3.84. The number of hydrogen-bond acceptors (Lipinski definition) is 5. The van der Waals surface area contributed by atoms with Crippen molar-refractivity contribution in [2.45, 2.75) is 52.3 Å². The SMILES string of the molecule is CC(C)OC(=O)N1C[C@H](C)N(C(=O)C2CC2)c2ccc(-c3cnn(CC(=O)O)c3)cc21. The maximum Gasteiger partial charge on any atom is 0.414 e. The van der Waals surface area contributed by atoms with E-state index in [-0.39, 0.29) is 30.5 Å². The number of aliphatic carboxylic acids is 1. The number of rotatable bonds is 5. The monoisotopic (exact) mass is 426 g/mol. The molecule has 164 valence electrons. The molecule has 0 bridgehead atoms. The van der Waals surface area contributed by atoms with Gasteiger partial charge < -0.3 is 14.7 Å². The van der Waals surface area contributed by atoms with Crippen molar-refractivity contribution < 1.29 is 24.2 Å². The van der Waals surface area contributed by atoms with Crippen LogP contribution in [0.1, 0.15) is 33.6 Å². The third-order valence-corrected chi connectivity index (χ3v) is 5.40. The highest BCUT2D eigenvalue weighted by Gasteiger charge is 2.41. The molecular formula is C22H26N4O5. The normalized spacial score (nSPS) is 18.1. The van der Waals surface area contributed by atoms with Gasteiger partial charge in [-0.1, -0.05) is 6.07 Å². The van der Waals surface area contributed by atoms with E-state index < -0.39 is 12.1 Å². The molecule has 1 aliphatic carbocycles. The molecule has 9 nitrogen and oxygen atoms in total. The number of carbonyl (C=O) groups excluding carboxylic acids is 2. The zero-order valence-electron chi connectivity index (χ0n) is 17.8. The first kappa shape index (κ1) is 20.9. The number of ether oxygens (including phenoxy) is 1. The first-order chi connectivity index (χ1) is 14.7. The lowest BCUT2D eigenvalue weighted by Gasteiger charge is -2.41. The Hall–Kier alpha value is -3.36. The Morgan fingerprint density at radius 2 is 1.94 bits per heavy atom. The van der Waals surface area contributed by atoms with Crippen molar-refractivity contribution in [2.24, 2.45) is 5.92 Å². The molecule has 1 aromatic heterocycles. The highest BCUT2D eigenvalue weighted by atomic mass is 16.6. The van der Waals surface area contributed by atoms with Gasteiger partial charge in [0.05, 0.1) is 29.7 Å². The molecule has 4 rings (SSSR count). The highest BCUT2D eigenvalue weighted by Crippen LogP contribution is 2.42. The Labute approximate surface area is 180 Å². The van der Waals surface area contributed by atoms with Crippen molar-refractivity contribution in [1.29, 1.82) is 0 Å². The number of amides is 2. The number of carboxylic acid groups (broad SMARTS) is 1. The predicted octanol–water partition coefficient (Wildman–Crippen LogP) is 3.13. The molecule has 2 aromatic rings. The molecule has 0 saturated heterocycles. The molecule has 2 heterocycles. The van der Waals surface area contributed by atoms with Gasteiger partial charge in [0.25, 0.3) is 0 Å². The third kappa shape index (κ3) is 4.26. The fourth-order valence-electron chi connectivity index (χ4n) is 3.84. The minimum absolute atomic E-state index is 0.0541. The van der Waals surface area contributed by atoms with Crippen LogP contribution in [0.2, 0.25) is 0 Å². The van der Waals surface area contributed by atoms with Crippen LogP contribution in [-0.2, 0) is 20.9 Å². The van der Waals surface area contributed by atoms with Gasteiger partial charge in [0.1, 0.15) is 6.54 Å². The molecule has 1 saturated carbocycles. The number of carbonyl (C=O) groups is 3. The minimum atomic E-state index is -0.981. The van der Waals surface area contributed by atoms with E-state index in [1.807, 2.05) is 25.1 Å². The second-order valence-electron chi connectivity index (χ2n) is 8.40. The van der Waals surface area contributed by atoms with Crippen LogP contribution in [0, 0.1) is 5.92 Å². The van der Waals surface area contributed by atoms with Gasteiger partial charge in [0.2, 0.25) is 5.91 Å². The van der Waals surface area contributed by atoms with E-state index in [1.54, 1.807) is 36.0 Å². The Bertz CT molecular complexity index is 1030. The average molecular weight is 426 g/mol. The summed E-state index contributed by atoms with van der Waals surface area (Å²) in [7, 11) is 0. The number of carboxylic acids is 1. The molecule has 0 unspecified atom stereocenters. The Morgan fingerprint density at radius 3 is 2.58 bits per heavy atom. The largest absolute Gasteiger partial charge is 0.480 e. The predicted molar refractivity (Wildman–Crippen MR) is 114 cm³/mol. The van der Waals surface area contributed by atoms with Crippen LogP contribution in [0.4, 0.5) is 16.2 Å². The van der Waals surface area contributed by atoms with Crippen molar-refractivity contribution in [3.05, 3.63) is 30.6 Å². The first-order valence-electron chi connectivity index (χ1n) is 10.4. The third-order valence-electron chi connectivity index (χ3n) is 5.40. The van der Waals surface area contributed by atoms with Crippen LogP contribution in [0.15, 0.2) is 30.6 Å². The van der Waals surface area contributed by atoms with Gasteiger partial charge in [-0.2, -0.15) is 5.10 Å². The molecule has 2 amide bonds. The number of anilines is 2. The van der Waals surface area contributed by atoms with Crippen LogP contribution in [-0.4, -0.2) is 51.5 Å². The summed E-state index contributed by atoms with van der Waals surface area (Å²) in [5.74, 6) is -0.836. The molecule has 0 spiro atoms.